The Morgan fingerprint density at radius 1 is 1.07 bits per heavy atom. The van der Waals surface area contributed by atoms with Crippen LogP contribution < -0.4 is 9.47 Å². The zero-order valence-corrected chi connectivity index (χ0v) is 28.3. The van der Waals surface area contributed by atoms with Crippen molar-refractivity contribution in [2.45, 2.75) is 104 Å². The van der Waals surface area contributed by atoms with Crippen LogP contribution in [0.1, 0.15) is 91.4 Å². The van der Waals surface area contributed by atoms with Crippen LogP contribution in [0.15, 0.2) is 24.5 Å². The second kappa shape index (κ2) is 13.1. The van der Waals surface area contributed by atoms with E-state index in [1.165, 1.54) is 45.6 Å². The van der Waals surface area contributed by atoms with E-state index in [1.54, 1.807) is 0 Å². The van der Waals surface area contributed by atoms with E-state index in [1.807, 2.05) is 48.1 Å². The highest BCUT2D eigenvalue weighted by atomic mass is 31.2. The maximum atomic E-state index is 12.9. The molecule has 1 aromatic heterocycles. The van der Waals surface area contributed by atoms with Crippen LogP contribution in [0.3, 0.4) is 0 Å². The van der Waals surface area contributed by atoms with Gasteiger partial charge in [-0.3, -0.25) is 13.8 Å². The van der Waals surface area contributed by atoms with Crippen LogP contribution in [0.5, 0.6) is 0 Å². The highest BCUT2D eigenvalue weighted by molar-refractivity contribution is 7.47. The fraction of sp³-hybridized carbons (Fsp3) is 0.824. The molecule has 4 aliphatic carbocycles. The lowest BCUT2D eigenvalue weighted by molar-refractivity contribution is -0.697. The fourth-order valence-electron chi connectivity index (χ4n) is 10.3. The number of phosphoric acid groups is 1. The predicted molar refractivity (Wildman–Crippen MR) is 167 cm³/mol. The molecule has 0 radical (unpaired) electrons. The van der Waals surface area contributed by atoms with Gasteiger partial charge in [-0.15, -0.1) is 0 Å². The standard InChI is InChI=1S/C34H55N2O6P/c1-24(7-12-32(37)40-6)29-10-11-30-28-9-8-25-23-27(13-17-33(25,2)31(28)14-18-34(29,30)3)42-43(38,39)41-22-21-36-19-15-26(16-20-36)35(4)5/h15-16,19-20,24-25,27-31H,7-14,17-18,21-23H2,1-6H3/p+1/t24-,25-,27-,28+,29-,30+,31+,33+,34-/m1/s1. The van der Waals surface area contributed by atoms with Crippen molar-refractivity contribution >= 4 is 19.5 Å². The quantitative estimate of drug-likeness (QED) is 0.166. The van der Waals surface area contributed by atoms with E-state index in [4.69, 9.17) is 13.8 Å². The fourth-order valence-corrected chi connectivity index (χ4v) is 11.3. The minimum atomic E-state index is -4.13. The molecule has 4 aliphatic rings. The molecule has 0 aromatic carbocycles. The molecule has 4 saturated carbocycles. The number of phosphoric ester groups is 1. The highest BCUT2D eigenvalue weighted by Crippen LogP contribution is 2.68. The van der Waals surface area contributed by atoms with E-state index in [0.717, 1.165) is 49.1 Å². The maximum Gasteiger partial charge on any atom is 0.472 e. The molecule has 5 rings (SSSR count). The molecule has 1 aromatic rings. The molecule has 8 nitrogen and oxygen atoms in total. The van der Waals surface area contributed by atoms with Crippen molar-refractivity contribution in [3.05, 3.63) is 24.5 Å². The summed E-state index contributed by atoms with van der Waals surface area (Å²) in [5.74, 6) is 3.94. The van der Waals surface area contributed by atoms with E-state index >= 15 is 0 Å². The normalized spacial score (nSPS) is 37.4. The van der Waals surface area contributed by atoms with Crippen molar-refractivity contribution in [2.24, 2.45) is 46.3 Å². The van der Waals surface area contributed by atoms with Crippen molar-refractivity contribution in [1.82, 2.24) is 0 Å². The zero-order valence-electron chi connectivity index (χ0n) is 27.4. The number of esters is 1. The summed E-state index contributed by atoms with van der Waals surface area (Å²) in [6.45, 7) is 8.06. The Kier molecular flexibility index (Phi) is 10.0. The molecule has 43 heavy (non-hydrogen) atoms. The van der Waals surface area contributed by atoms with Crippen molar-refractivity contribution < 1.29 is 32.6 Å². The molecule has 1 N–H and O–H groups in total. The van der Waals surface area contributed by atoms with Gasteiger partial charge in [-0.2, -0.15) is 0 Å². The summed E-state index contributed by atoms with van der Waals surface area (Å²) >= 11 is 0. The van der Waals surface area contributed by atoms with E-state index in [9.17, 15) is 14.3 Å². The summed E-state index contributed by atoms with van der Waals surface area (Å²) in [6, 6.07) is 4.02. The number of nitrogens with zero attached hydrogens (tertiary/aromatic N) is 2. The molecule has 10 atom stereocenters. The van der Waals surface area contributed by atoms with Gasteiger partial charge in [0, 0.05) is 38.3 Å². The molecular weight excluding hydrogens is 563 g/mol. The SMILES string of the molecule is COC(=O)CC[C@@H](C)[C@H]1CC[C@H]2[C@@H]3CC[C@@H]4C[C@H](OP(=O)(O)OCC[n+]5ccc(N(C)C)cc5)CC[C@]4(C)[C@H]3CC[C@]12C. The lowest BCUT2D eigenvalue weighted by atomic mass is 9.44. The lowest BCUT2D eigenvalue weighted by Gasteiger charge is -2.61. The van der Waals surface area contributed by atoms with Gasteiger partial charge >= 0.3 is 13.8 Å². The third-order valence-electron chi connectivity index (χ3n) is 12.7. The molecule has 1 unspecified atom stereocenters. The van der Waals surface area contributed by atoms with Crippen LogP contribution in [0.2, 0.25) is 0 Å². The Balaban J connectivity index is 1.14. The average molecular weight is 620 g/mol. The molecule has 0 aliphatic heterocycles. The van der Waals surface area contributed by atoms with Crippen molar-refractivity contribution in [3.8, 4) is 0 Å². The first kappa shape index (κ1) is 32.9. The van der Waals surface area contributed by atoms with Crippen molar-refractivity contribution in [2.75, 3.05) is 32.7 Å². The number of hydrogen-bond donors (Lipinski definition) is 1. The number of methoxy groups -OCH3 is 1. The number of ether oxygens (including phenoxy) is 1. The lowest BCUT2D eigenvalue weighted by Crippen LogP contribution is -2.54. The van der Waals surface area contributed by atoms with Crippen molar-refractivity contribution in [1.29, 1.82) is 0 Å². The van der Waals surface area contributed by atoms with Gasteiger partial charge in [0.05, 0.1) is 13.2 Å². The molecule has 0 spiro atoms. The van der Waals surface area contributed by atoms with Crippen LogP contribution in [-0.4, -0.2) is 44.8 Å². The maximum absolute atomic E-state index is 12.9. The Bertz CT molecular complexity index is 1160. The second-order valence-electron chi connectivity index (χ2n) is 15.0. The van der Waals surface area contributed by atoms with E-state index in [0.29, 0.717) is 36.1 Å². The number of carbonyl (C=O) groups excluding carboxylic acids is 1. The molecule has 9 heteroatoms. The predicted octanol–water partition coefficient (Wildman–Crippen LogP) is 6.79. The summed E-state index contributed by atoms with van der Waals surface area (Å²) in [5, 5.41) is 0. The summed E-state index contributed by atoms with van der Waals surface area (Å²) in [6.07, 6.45) is 15.5. The smallest absolute Gasteiger partial charge is 0.469 e. The van der Waals surface area contributed by atoms with Crippen LogP contribution in [-0.2, 0) is 29.7 Å². The first-order chi connectivity index (χ1) is 20.4. The Morgan fingerprint density at radius 3 is 2.47 bits per heavy atom. The van der Waals surface area contributed by atoms with Gasteiger partial charge in [0.15, 0.2) is 18.9 Å². The summed E-state index contributed by atoms with van der Waals surface area (Å²) < 4.78 is 31.0. The van der Waals surface area contributed by atoms with E-state index in [2.05, 4.69) is 20.8 Å². The number of anilines is 1. The first-order valence-corrected chi connectivity index (χ1v) is 18.2. The van der Waals surface area contributed by atoms with E-state index < -0.39 is 7.82 Å². The van der Waals surface area contributed by atoms with Crippen LogP contribution >= 0.6 is 7.82 Å². The minimum absolute atomic E-state index is 0.0878. The van der Waals surface area contributed by atoms with Crippen LogP contribution in [0, 0.1) is 46.3 Å². The number of hydrogen-bond acceptors (Lipinski definition) is 6. The number of carbonyl (C=O) groups is 1. The number of pyridine rings is 1. The third-order valence-corrected chi connectivity index (χ3v) is 13.8. The summed E-state index contributed by atoms with van der Waals surface area (Å²) in [4.78, 5) is 24.4. The van der Waals surface area contributed by atoms with Gasteiger partial charge in [0.25, 0.3) is 0 Å². The Hall–Kier alpha value is -1.47. The van der Waals surface area contributed by atoms with Crippen LogP contribution in [0.4, 0.5) is 5.69 Å². The van der Waals surface area contributed by atoms with Gasteiger partial charge < -0.3 is 14.5 Å². The molecule has 1 heterocycles. The largest absolute Gasteiger partial charge is 0.472 e. The van der Waals surface area contributed by atoms with Crippen LogP contribution in [0.25, 0.3) is 0 Å². The Morgan fingerprint density at radius 2 is 1.77 bits per heavy atom. The van der Waals surface area contributed by atoms with Gasteiger partial charge in [-0.25, -0.2) is 9.13 Å². The molecule has 242 valence electrons. The topological polar surface area (TPSA) is 89.2 Å². The molecule has 0 bridgehead atoms. The van der Waals surface area contributed by atoms with Gasteiger partial charge in [0.2, 0.25) is 0 Å². The van der Waals surface area contributed by atoms with E-state index in [-0.39, 0.29) is 24.1 Å². The van der Waals surface area contributed by atoms with Gasteiger partial charge in [0.1, 0.15) is 6.61 Å². The minimum Gasteiger partial charge on any atom is -0.469 e. The summed E-state index contributed by atoms with van der Waals surface area (Å²) in [5.41, 5.74) is 1.74. The first-order valence-electron chi connectivity index (χ1n) is 16.8. The highest BCUT2D eigenvalue weighted by Gasteiger charge is 2.60. The second-order valence-corrected chi connectivity index (χ2v) is 16.4. The molecule has 0 amide bonds. The monoisotopic (exact) mass is 619 g/mol. The number of aromatic nitrogens is 1. The van der Waals surface area contributed by atoms with Gasteiger partial charge in [-0.05, 0) is 111 Å². The zero-order chi connectivity index (χ0) is 31.0. The van der Waals surface area contributed by atoms with Gasteiger partial charge in [-0.1, -0.05) is 20.8 Å². The molecular formula is C34H56N2O6P+. The Labute approximate surface area is 259 Å². The van der Waals surface area contributed by atoms with Crippen molar-refractivity contribution in [3.63, 3.8) is 0 Å². The molecule has 0 saturated heterocycles. The number of fused-ring (bicyclic) bond motifs is 5. The average Bonchev–Trinajstić information content (AvgIpc) is 3.33. The molecule has 4 fully saturated rings. The number of rotatable bonds is 11. The summed E-state index contributed by atoms with van der Waals surface area (Å²) in [7, 11) is 1.35. The third kappa shape index (κ3) is 6.88.